The first kappa shape index (κ1) is 9.52. The fraction of sp³-hybridized carbons (Fsp3) is 0.333. The number of aliphatic hydroxyl groups is 1. The van der Waals surface area contributed by atoms with Crippen LogP contribution in [0.1, 0.15) is 18.5 Å². The van der Waals surface area contributed by atoms with E-state index < -0.39 is 6.10 Å². The summed E-state index contributed by atoms with van der Waals surface area (Å²) < 4.78 is 0. The maximum Gasteiger partial charge on any atom is 0.0704 e. The number of benzene rings is 1. The number of aliphatic hydroxyl groups excluding tert-OH is 1. The van der Waals surface area contributed by atoms with E-state index >= 15 is 0 Å². The van der Waals surface area contributed by atoms with Gasteiger partial charge in [-0.1, -0.05) is 23.7 Å². The van der Waals surface area contributed by atoms with Gasteiger partial charge >= 0.3 is 0 Å². The number of rotatable bonds is 2. The van der Waals surface area contributed by atoms with Crippen LogP contribution < -0.4 is 5.73 Å². The number of hydrogen-bond acceptors (Lipinski definition) is 2. The van der Waals surface area contributed by atoms with Crippen molar-refractivity contribution in [3.8, 4) is 0 Å². The molecule has 1 rings (SSSR count). The predicted octanol–water partition coefficient (Wildman–Crippen LogP) is 1.72. The minimum Gasteiger partial charge on any atom is -0.391 e. The molecule has 66 valence electrons. The van der Waals surface area contributed by atoms with Crippen molar-refractivity contribution in [3.63, 3.8) is 0 Å². The van der Waals surface area contributed by atoms with Crippen molar-refractivity contribution in [2.24, 2.45) is 5.73 Å². The lowest BCUT2D eigenvalue weighted by atomic mass is 10.0. The van der Waals surface area contributed by atoms with Crippen LogP contribution in [0.5, 0.6) is 0 Å². The second-order valence-electron chi connectivity index (χ2n) is 2.82. The van der Waals surface area contributed by atoms with E-state index in [4.69, 9.17) is 17.3 Å². The lowest BCUT2D eigenvalue weighted by molar-refractivity contribution is 0.164. The molecule has 0 saturated heterocycles. The molecule has 2 nitrogen and oxygen atoms in total. The van der Waals surface area contributed by atoms with Gasteiger partial charge in [-0.05, 0) is 24.6 Å². The molecule has 0 fully saturated rings. The minimum absolute atomic E-state index is 0.358. The second kappa shape index (κ2) is 3.90. The van der Waals surface area contributed by atoms with E-state index in [-0.39, 0.29) is 6.04 Å². The molecule has 0 amide bonds. The van der Waals surface area contributed by atoms with E-state index in [9.17, 15) is 5.11 Å². The Morgan fingerprint density at radius 1 is 1.50 bits per heavy atom. The van der Waals surface area contributed by atoms with Crippen molar-refractivity contribution in [2.45, 2.75) is 19.1 Å². The lowest BCUT2D eigenvalue weighted by Gasteiger charge is -2.14. The van der Waals surface area contributed by atoms with E-state index in [1.807, 2.05) is 12.1 Å². The summed E-state index contributed by atoms with van der Waals surface area (Å²) in [4.78, 5) is 0. The molecule has 0 aliphatic carbocycles. The van der Waals surface area contributed by atoms with Gasteiger partial charge in [-0.15, -0.1) is 0 Å². The topological polar surface area (TPSA) is 46.2 Å². The first-order valence-corrected chi connectivity index (χ1v) is 4.18. The highest BCUT2D eigenvalue weighted by Crippen LogP contribution is 2.18. The molecule has 12 heavy (non-hydrogen) atoms. The van der Waals surface area contributed by atoms with Gasteiger partial charge in [0, 0.05) is 5.02 Å². The fourth-order valence-electron chi connectivity index (χ4n) is 0.992. The highest BCUT2D eigenvalue weighted by molar-refractivity contribution is 6.30. The normalized spacial score (nSPS) is 15.7. The zero-order chi connectivity index (χ0) is 9.14. The van der Waals surface area contributed by atoms with Crippen molar-refractivity contribution in [3.05, 3.63) is 34.9 Å². The summed E-state index contributed by atoms with van der Waals surface area (Å²) in [6.07, 6.45) is -0.552. The van der Waals surface area contributed by atoms with Crippen LogP contribution in [-0.4, -0.2) is 11.2 Å². The minimum atomic E-state index is -0.552. The SMILES string of the molecule is CC(O)C(N)c1cccc(Cl)c1. The molecule has 0 heterocycles. The molecular formula is C9H12ClNO. The van der Waals surface area contributed by atoms with E-state index in [0.29, 0.717) is 5.02 Å². The Kier molecular flexibility index (Phi) is 3.09. The second-order valence-corrected chi connectivity index (χ2v) is 3.26. The van der Waals surface area contributed by atoms with Gasteiger partial charge in [-0.3, -0.25) is 0 Å². The summed E-state index contributed by atoms with van der Waals surface area (Å²) >= 11 is 5.76. The first-order valence-electron chi connectivity index (χ1n) is 3.80. The molecular weight excluding hydrogens is 174 g/mol. The standard InChI is InChI=1S/C9H12ClNO/c1-6(12)9(11)7-3-2-4-8(10)5-7/h2-6,9,12H,11H2,1H3. The van der Waals surface area contributed by atoms with Crippen LogP contribution in [0.4, 0.5) is 0 Å². The number of hydrogen-bond donors (Lipinski definition) is 2. The monoisotopic (exact) mass is 185 g/mol. The Hall–Kier alpha value is -0.570. The van der Waals surface area contributed by atoms with Gasteiger partial charge in [0.15, 0.2) is 0 Å². The summed E-state index contributed by atoms with van der Waals surface area (Å²) in [5.74, 6) is 0. The van der Waals surface area contributed by atoms with E-state index in [1.165, 1.54) is 0 Å². The Bertz CT molecular complexity index is 262. The van der Waals surface area contributed by atoms with Crippen LogP contribution in [0.3, 0.4) is 0 Å². The van der Waals surface area contributed by atoms with E-state index in [1.54, 1.807) is 19.1 Å². The van der Waals surface area contributed by atoms with E-state index in [2.05, 4.69) is 0 Å². The van der Waals surface area contributed by atoms with Crippen LogP contribution in [0, 0.1) is 0 Å². The number of nitrogens with two attached hydrogens (primary N) is 1. The van der Waals surface area contributed by atoms with Gasteiger partial charge in [-0.25, -0.2) is 0 Å². The molecule has 0 saturated carbocycles. The summed E-state index contributed by atoms with van der Waals surface area (Å²) in [6.45, 7) is 1.66. The Morgan fingerprint density at radius 2 is 2.17 bits per heavy atom. The smallest absolute Gasteiger partial charge is 0.0704 e. The maximum atomic E-state index is 9.20. The molecule has 0 bridgehead atoms. The number of halogens is 1. The molecule has 0 radical (unpaired) electrons. The maximum absolute atomic E-state index is 9.20. The molecule has 3 heteroatoms. The molecule has 0 aliphatic heterocycles. The Morgan fingerprint density at radius 3 is 2.67 bits per heavy atom. The third kappa shape index (κ3) is 2.21. The van der Waals surface area contributed by atoms with Crippen molar-refractivity contribution in [2.75, 3.05) is 0 Å². The third-order valence-corrected chi connectivity index (χ3v) is 1.99. The highest BCUT2D eigenvalue weighted by atomic mass is 35.5. The zero-order valence-electron chi connectivity index (χ0n) is 6.87. The predicted molar refractivity (Wildman–Crippen MR) is 50.1 cm³/mol. The molecule has 2 unspecified atom stereocenters. The van der Waals surface area contributed by atoms with Crippen LogP contribution in [-0.2, 0) is 0 Å². The molecule has 1 aromatic carbocycles. The molecule has 0 aromatic heterocycles. The zero-order valence-corrected chi connectivity index (χ0v) is 7.62. The fourth-order valence-corrected chi connectivity index (χ4v) is 1.19. The van der Waals surface area contributed by atoms with Gasteiger partial charge < -0.3 is 10.8 Å². The molecule has 2 atom stereocenters. The summed E-state index contributed by atoms with van der Waals surface area (Å²) in [5, 5.41) is 9.84. The quantitative estimate of drug-likeness (QED) is 0.737. The lowest BCUT2D eigenvalue weighted by Crippen LogP contribution is -2.22. The summed E-state index contributed by atoms with van der Waals surface area (Å²) in [6, 6.07) is 6.85. The molecule has 0 aliphatic rings. The average molecular weight is 186 g/mol. The van der Waals surface area contributed by atoms with Crippen molar-refractivity contribution in [1.29, 1.82) is 0 Å². The van der Waals surface area contributed by atoms with Crippen LogP contribution >= 0.6 is 11.6 Å². The van der Waals surface area contributed by atoms with E-state index in [0.717, 1.165) is 5.56 Å². The molecule has 0 spiro atoms. The average Bonchev–Trinajstić information content (AvgIpc) is 2.03. The van der Waals surface area contributed by atoms with Crippen molar-refractivity contribution in [1.82, 2.24) is 0 Å². The van der Waals surface area contributed by atoms with Crippen molar-refractivity contribution < 1.29 is 5.11 Å². The Labute approximate surface area is 77.0 Å². The molecule has 3 N–H and O–H groups in total. The van der Waals surface area contributed by atoms with Crippen molar-refractivity contribution >= 4 is 11.6 Å². The third-order valence-electron chi connectivity index (χ3n) is 1.75. The summed E-state index contributed by atoms with van der Waals surface area (Å²) in [7, 11) is 0. The van der Waals surface area contributed by atoms with Gasteiger partial charge in [0.05, 0.1) is 12.1 Å². The first-order chi connectivity index (χ1) is 5.61. The van der Waals surface area contributed by atoms with Gasteiger partial charge in [-0.2, -0.15) is 0 Å². The van der Waals surface area contributed by atoms with Gasteiger partial charge in [0.25, 0.3) is 0 Å². The Balaban J connectivity index is 2.88. The molecule has 1 aromatic rings. The van der Waals surface area contributed by atoms with Crippen LogP contribution in [0.25, 0.3) is 0 Å². The highest BCUT2D eigenvalue weighted by Gasteiger charge is 2.11. The summed E-state index contributed by atoms with van der Waals surface area (Å²) in [5.41, 5.74) is 6.56. The van der Waals surface area contributed by atoms with Crippen LogP contribution in [0.15, 0.2) is 24.3 Å². The van der Waals surface area contributed by atoms with Gasteiger partial charge in [0.2, 0.25) is 0 Å². The largest absolute Gasteiger partial charge is 0.391 e. The van der Waals surface area contributed by atoms with Gasteiger partial charge in [0.1, 0.15) is 0 Å². The van der Waals surface area contributed by atoms with Crippen LogP contribution in [0.2, 0.25) is 5.02 Å².